The van der Waals surface area contributed by atoms with E-state index in [1.807, 2.05) is 36.4 Å². The molecule has 0 aliphatic carbocycles. The Hall–Kier alpha value is -3.81. The van der Waals surface area contributed by atoms with E-state index in [9.17, 15) is 9.59 Å². The molecule has 1 aromatic heterocycles. The van der Waals surface area contributed by atoms with Crippen LogP contribution in [-0.2, 0) is 9.59 Å². The summed E-state index contributed by atoms with van der Waals surface area (Å²) in [6.07, 6.45) is 3.85. The summed E-state index contributed by atoms with van der Waals surface area (Å²) in [6.45, 7) is 12.2. The number of carbonyl (C=O) groups is 2. The van der Waals surface area contributed by atoms with E-state index >= 15 is 0 Å². The summed E-state index contributed by atoms with van der Waals surface area (Å²) < 4.78 is 23.6. The lowest BCUT2D eigenvalue weighted by molar-refractivity contribution is -0.124. The normalized spacial score (nSPS) is 11.0. The Bertz CT molecular complexity index is 1250. The number of unbranched alkanes of at least 4 members (excludes halogenated alkanes) is 2. The molecule has 8 nitrogen and oxygen atoms in total. The van der Waals surface area contributed by atoms with E-state index in [1.54, 1.807) is 7.11 Å². The van der Waals surface area contributed by atoms with Crippen LogP contribution in [0, 0.1) is 0 Å². The van der Waals surface area contributed by atoms with Gasteiger partial charge in [0.2, 0.25) is 17.7 Å². The first-order chi connectivity index (χ1) is 18.7. The van der Waals surface area contributed by atoms with E-state index in [0.717, 1.165) is 41.9 Å². The molecular weight excluding hydrogens is 496 g/mol. The molecule has 8 heteroatoms. The van der Waals surface area contributed by atoms with E-state index < -0.39 is 11.8 Å². The summed E-state index contributed by atoms with van der Waals surface area (Å²) >= 11 is 0. The van der Waals surface area contributed by atoms with Gasteiger partial charge in [-0.2, -0.15) is 0 Å². The van der Waals surface area contributed by atoms with E-state index in [1.165, 1.54) is 13.8 Å². The molecule has 0 aliphatic heterocycles. The van der Waals surface area contributed by atoms with Crippen LogP contribution in [0.25, 0.3) is 22.4 Å². The van der Waals surface area contributed by atoms with Crippen LogP contribution in [0.1, 0.15) is 78.7 Å². The van der Waals surface area contributed by atoms with Crippen molar-refractivity contribution in [2.45, 2.75) is 73.1 Å². The molecule has 2 amide bonds. The largest absolute Gasteiger partial charge is 0.497 e. The molecular formula is C31H40N2O6. The van der Waals surface area contributed by atoms with Crippen molar-refractivity contribution in [2.24, 2.45) is 0 Å². The molecule has 0 N–H and O–H groups in total. The fourth-order valence-corrected chi connectivity index (χ4v) is 4.26. The van der Waals surface area contributed by atoms with Gasteiger partial charge in [-0.25, -0.2) is 4.90 Å². The van der Waals surface area contributed by atoms with Gasteiger partial charge in [0.1, 0.15) is 22.9 Å². The van der Waals surface area contributed by atoms with Crippen LogP contribution < -0.4 is 19.1 Å². The Kier molecular flexibility index (Phi) is 10.5. The lowest BCUT2D eigenvalue weighted by Crippen LogP contribution is -2.33. The van der Waals surface area contributed by atoms with Gasteiger partial charge in [-0.05, 0) is 48.1 Å². The molecule has 0 atom stereocenters. The zero-order valence-electron chi connectivity index (χ0n) is 24.1. The number of hydrogen-bond donors (Lipinski definition) is 0. The van der Waals surface area contributed by atoms with Crippen molar-refractivity contribution in [3.8, 4) is 39.6 Å². The van der Waals surface area contributed by atoms with Crippen LogP contribution in [0.3, 0.4) is 0 Å². The van der Waals surface area contributed by atoms with Crippen molar-refractivity contribution in [3.05, 3.63) is 42.0 Å². The minimum atomic E-state index is -0.470. The molecule has 2 aromatic carbocycles. The monoisotopic (exact) mass is 536 g/mol. The average molecular weight is 537 g/mol. The molecule has 0 spiro atoms. The van der Waals surface area contributed by atoms with Gasteiger partial charge in [0.05, 0.1) is 25.9 Å². The summed E-state index contributed by atoms with van der Waals surface area (Å²) in [5.74, 6) is 1.33. The number of hydrogen-bond acceptors (Lipinski definition) is 7. The Morgan fingerprint density at radius 1 is 0.923 bits per heavy atom. The first-order valence-electron chi connectivity index (χ1n) is 13.6. The van der Waals surface area contributed by atoms with Crippen molar-refractivity contribution in [2.75, 3.05) is 25.2 Å². The number of aromatic nitrogens is 1. The highest BCUT2D eigenvalue weighted by Gasteiger charge is 2.31. The SMILES string of the molecule is CCCCOc1cc(OCCCC)c(C(C)C)cc1-c1noc(N(C(C)=O)C(C)=O)c1-c1ccc(OC)cc1. The molecule has 0 radical (unpaired) electrons. The Labute approximate surface area is 231 Å². The maximum atomic E-state index is 12.5. The smallest absolute Gasteiger partial charge is 0.249 e. The van der Waals surface area contributed by atoms with E-state index in [4.69, 9.17) is 18.7 Å². The number of imide groups is 1. The van der Waals surface area contributed by atoms with Crippen LogP contribution >= 0.6 is 0 Å². The third-order valence-electron chi connectivity index (χ3n) is 6.39. The van der Waals surface area contributed by atoms with Gasteiger partial charge in [0.25, 0.3) is 0 Å². The second-order valence-electron chi connectivity index (χ2n) is 9.76. The van der Waals surface area contributed by atoms with Crippen molar-refractivity contribution in [3.63, 3.8) is 0 Å². The average Bonchev–Trinajstić information content (AvgIpc) is 3.32. The summed E-state index contributed by atoms with van der Waals surface area (Å²) in [5.41, 5.74) is 3.40. The highest BCUT2D eigenvalue weighted by molar-refractivity contribution is 6.15. The molecule has 0 bridgehead atoms. The molecule has 39 heavy (non-hydrogen) atoms. The van der Waals surface area contributed by atoms with Crippen LogP contribution in [-0.4, -0.2) is 37.3 Å². The molecule has 0 saturated heterocycles. The van der Waals surface area contributed by atoms with Gasteiger partial charge in [0, 0.05) is 25.5 Å². The van der Waals surface area contributed by atoms with Crippen LogP contribution in [0.2, 0.25) is 0 Å². The number of nitrogens with zero attached hydrogens (tertiary/aromatic N) is 2. The lowest BCUT2D eigenvalue weighted by Gasteiger charge is -2.20. The lowest BCUT2D eigenvalue weighted by atomic mass is 9.94. The number of amides is 2. The molecule has 0 fully saturated rings. The van der Waals surface area contributed by atoms with E-state index in [-0.39, 0.29) is 11.8 Å². The van der Waals surface area contributed by atoms with Crippen molar-refractivity contribution in [1.29, 1.82) is 0 Å². The second kappa shape index (κ2) is 13.8. The molecule has 1 heterocycles. The zero-order valence-corrected chi connectivity index (χ0v) is 24.1. The summed E-state index contributed by atoms with van der Waals surface area (Å²) in [7, 11) is 1.59. The molecule has 0 aliphatic rings. The van der Waals surface area contributed by atoms with Gasteiger partial charge < -0.3 is 18.7 Å². The number of methoxy groups -OCH3 is 1. The molecule has 3 rings (SSSR count). The summed E-state index contributed by atoms with van der Waals surface area (Å²) in [6, 6.07) is 11.3. The topological polar surface area (TPSA) is 91.1 Å². The van der Waals surface area contributed by atoms with Crippen LogP contribution in [0.5, 0.6) is 17.2 Å². The van der Waals surface area contributed by atoms with E-state index in [0.29, 0.717) is 47.1 Å². The van der Waals surface area contributed by atoms with Crippen LogP contribution in [0.4, 0.5) is 5.88 Å². The fourth-order valence-electron chi connectivity index (χ4n) is 4.26. The zero-order chi connectivity index (χ0) is 28.5. The maximum Gasteiger partial charge on any atom is 0.249 e. The number of anilines is 1. The molecule has 3 aromatic rings. The standard InChI is InChI=1S/C31H40N2O6/c1-8-10-16-37-27-19-28(38-17-11-9-2)26(18-25(27)20(3)4)30-29(23-12-14-24(36-7)15-13-23)31(39-32-30)33(21(5)34)22(6)35/h12-15,18-20H,8-11,16-17H2,1-7H3. The number of ether oxygens (including phenoxy) is 3. The minimum absolute atomic E-state index is 0.0593. The Morgan fingerprint density at radius 2 is 1.51 bits per heavy atom. The quantitative estimate of drug-likeness (QED) is 0.210. The summed E-state index contributed by atoms with van der Waals surface area (Å²) in [5, 5.41) is 4.41. The Balaban J connectivity index is 2.30. The molecule has 210 valence electrons. The van der Waals surface area contributed by atoms with Crippen molar-refractivity contribution in [1.82, 2.24) is 5.16 Å². The van der Waals surface area contributed by atoms with Crippen LogP contribution in [0.15, 0.2) is 40.9 Å². The van der Waals surface area contributed by atoms with Crippen molar-refractivity contribution >= 4 is 17.7 Å². The van der Waals surface area contributed by atoms with Gasteiger partial charge in [-0.3, -0.25) is 9.59 Å². The first kappa shape index (κ1) is 29.7. The number of benzene rings is 2. The molecule has 0 saturated carbocycles. The minimum Gasteiger partial charge on any atom is -0.497 e. The van der Waals surface area contributed by atoms with Gasteiger partial charge in [-0.15, -0.1) is 0 Å². The third-order valence-corrected chi connectivity index (χ3v) is 6.39. The van der Waals surface area contributed by atoms with Gasteiger partial charge in [-0.1, -0.05) is 57.8 Å². The predicted octanol–water partition coefficient (Wildman–Crippen LogP) is 7.40. The third kappa shape index (κ3) is 6.99. The van der Waals surface area contributed by atoms with Gasteiger partial charge >= 0.3 is 0 Å². The maximum absolute atomic E-state index is 12.5. The second-order valence-corrected chi connectivity index (χ2v) is 9.76. The molecule has 0 unspecified atom stereocenters. The van der Waals surface area contributed by atoms with Gasteiger partial charge in [0.15, 0.2) is 0 Å². The highest BCUT2D eigenvalue weighted by atomic mass is 16.5. The predicted molar refractivity (Wildman–Crippen MR) is 153 cm³/mol. The first-order valence-corrected chi connectivity index (χ1v) is 13.6. The summed E-state index contributed by atoms with van der Waals surface area (Å²) in [4.78, 5) is 26.1. The number of carbonyl (C=O) groups excluding carboxylic acids is 2. The van der Waals surface area contributed by atoms with E-state index in [2.05, 4.69) is 32.9 Å². The highest BCUT2D eigenvalue weighted by Crippen LogP contribution is 2.46. The Morgan fingerprint density at radius 3 is 2.03 bits per heavy atom. The fraction of sp³-hybridized carbons (Fsp3) is 0.452. The number of rotatable bonds is 13. The van der Waals surface area contributed by atoms with Crippen molar-refractivity contribution < 1.29 is 28.3 Å².